The fourth-order valence-electron chi connectivity index (χ4n) is 2.06. The molecular weight excluding hydrogens is 216 g/mol. The highest BCUT2D eigenvalue weighted by atomic mass is 16.2. The number of nitrogens with zero attached hydrogens (tertiary/aromatic N) is 2. The standard InChI is InChI=1S/C12H14N4O/c13-7-9-3-1-2-4-10(9)16-6-5-15-12(17)11(16)8-14/h1-4,11H,5-6,8,14H2,(H,15,17). The summed E-state index contributed by atoms with van der Waals surface area (Å²) >= 11 is 0. The summed E-state index contributed by atoms with van der Waals surface area (Å²) in [5, 5.41) is 11.8. The molecule has 1 fully saturated rings. The van der Waals surface area contributed by atoms with Crippen LogP contribution in [0.3, 0.4) is 0 Å². The van der Waals surface area contributed by atoms with E-state index in [0.29, 0.717) is 18.7 Å². The third kappa shape index (κ3) is 2.08. The molecule has 1 saturated heterocycles. The third-order valence-corrected chi connectivity index (χ3v) is 2.89. The summed E-state index contributed by atoms with van der Waals surface area (Å²) < 4.78 is 0. The van der Waals surface area contributed by atoms with Crippen molar-refractivity contribution in [3.8, 4) is 6.07 Å². The zero-order chi connectivity index (χ0) is 12.3. The molecule has 17 heavy (non-hydrogen) atoms. The maximum absolute atomic E-state index is 11.7. The Labute approximate surface area is 99.8 Å². The van der Waals surface area contributed by atoms with Crippen LogP contribution in [0.4, 0.5) is 5.69 Å². The molecule has 5 nitrogen and oxygen atoms in total. The van der Waals surface area contributed by atoms with Gasteiger partial charge in [-0.1, -0.05) is 12.1 Å². The molecule has 5 heteroatoms. The van der Waals surface area contributed by atoms with E-state index < -0.39 is 6.04 Å². The number of carbonyl (C=O) groups excluding carboxylic acids is 1. The first kappa shape index (κ1) is 11.4. The molecule has 0 radical (unpaired) electrons. The number of hydrogen-bond donors (Lipinski definition) is 2. The summed E-state index contributed by atoms with van der Waals surface area (Å²) in [6.07, 6.45) is 0. The lowest BCUT2D eigenvalue weighted by Crippen LogP contribution is -2.58. The van der Waals surface area contributed by atoms with Gasteiger partial charge in [0.2, 0.25) is 5.91 Å². The second kappa shape index (κ2) is 4.85. The molecular formula is C12H14N4O. The van der Waals surface area contributed by atoms with Gasteiger partial charge in [-0.2, -0.15) is 5.26 Å². The lowest BCUT2D eigenvalue weighted by molar-refractivity contribution is -0.123. The van der Waals surface area contributed by atoms with Crippen LogP contribution < -0.4 is 16.0 Å². The van der Waals surface area contributed by atoms with E-state index in [2.05, 4.69) is 11.4 Å². The number of carbonyl (C=O) groups is 1. The number of nitrogens with two attached hydrogens (primary N) is 1. The maximum Gasteiger partial charge on any atom is 0.244 e. The Hall–Kier alpha value is -2.06. The van der Waals surface area contributed by atoms with Crippen LogP contribution in [-0.4, -0.2) is 31.6 Å². The largest absolute Gasteiger partial charge is 0.356 e. The average molecular weight is 230 g/mol. The number of para-hydroxylation sites is 1. The molecule has 1 aliphatic heterocycles. The first-order valence-corrected chi connectivity index (χ1v) is 5.51. The van der Waals surface area contributed by atoms with Crippen LogP contribution in [0.25, 0.3) is 0 Å². The Morgan fingerprint density at radius 1 is 1.53 bits per heavy atom. The molecule has 1 aromatic carbocycles. The predicted octanol–water partition coefficient (Wildman–Crippen LogP) is -0.178. The maximum atomic E-state index is 11.7. The number of nitriles is 1. The number of benzene rings is 1. The molecule has 2 rings (SSSR count). The van der Waals surface area contributed by atoms with Crippen molar-refractivity contribution in [2.24, 2.45) is 5.73 Å². The molecule has 1 unspecified atom stereocenters. The summed E-state index contributed by atoms with van der Waals surface area (Å²) in [5.74, 6) is -0.0773. The molecule has 3 N–H and O–H groups in total. The van der Waals surface area contributed by atoms with Crippen LogP contribution in [0.5, 0.6) is 0 Å². The Kier molecular flexibility index (Phi) is 3.26. The van der Waals surface area contributed by atoms with Crippen LogP contribution in [0.1, 0.15) is 5.56 Å². The van der Waals surface area contributed by atoms with Crippen LogP contribution >= 0.6 is 0 Å². The van der Waals surface area contributed by atoms with E-state index in [1.165, 1.54) is 0 Å². The smallest absolute Gasteiger partial charge is 0.244 e. The van der Waals surface area contributed by atoms with Crippen LogP contribution in [0.2, 0.25) is 0 Å². The van der Waals surface area contributed by atoms with Gasteiger partial charge in [0.05, 0.1) is 11.3 Å². The van der Waals surface area contributed by atoms with E-state index in [1.807, 2.05) is 23.1 Å². The highest BCUT2D eigenvalue weighted by Gasteiger charge is 2.29. The number of rotatable bonds is 2. The van der Waals surface area contributed by atoms with Gasteiger partial charge in [-0.15, -0.1) is 0 Å². The van der Waals surface area contributed by atoms with Gasteiger partial charge < -0.3 is 16.0 Å². The minimum absolute atomic E-state index is 0.0773. The van der Waals surface area contributed by atoms with Gasteiger partial charge in [0.25, 0.3) is 0 Å². The van der Waals surface area contributed by atoms with Gasteiger partial charge in [0.15, 0.2) is 0 Å². The predicted molar refractivity (Wildman–Crippen MR) is 64.4 cm³/mol. The lowest BCUT2D eigenvalue weighted by atomic mass is 10.1. The van der Waals surface area contributed by atoms with Crippen LogP contribution in [0.15, 0.2) is 24.3 Å². The molecule has 1 atom stereocenters. The number of hydrogen-bond acceptors (Lipinski definition) is 4. The van der Waals surface area contributed by atoms with E-state index in [4.69, 9.17) is 11.0 Å². The normalized spacial score (nSPS) is 19.6. The molecule has 1 amide bonds. The fraction of sp³-hybridized carbons (Fsp3) is 0.333. The Bertz CT molecular complexity index is 466. The molecule has 0 saturated carbocycles. The molecule has 0 aliphatic carbocycles. The van der Waals surface area contributed by atoms with Gasteiger partial charge in [-0.3, -0.25) is 4.79 Å². The van der Waals surface area contributed by atoms with Crippen LogP contribution in [-0.2, 0) is 4.79 Å². The van der Waals surface area contributed by atoms with Crippen molar-refractivity contribution < 1.29 is 4.79 Å². The topological polar surface area (TPSA) is 82.2 Å². The molecule has 88 valence electrons. The van der Waals surface area contributed by atoms with Gasteiger partial charge in [-0.05, 0) is 12.1 Å². The molecule has 0 bridgehead atoms. The van der Waals surface area contributed by atoms with Crippen molar-refractivity contribution in [2.45, 2.75) is 6.04 Å². The van der Waals surface area contributed by atoms with E-state index >= 15 is 0 Å². The molecule has 1 aliphatic rings. The van der Waals surface area contributed by atoms with Crippen molar-refractivity contribution >= 4 is 11.6 Å². The number of amides is 1. The molecule has 1 aromatic rings. The molecule has 0 spiro atoms. The summed E-state index contributed by atoms with van der Waals surface area (Å²) in [7, 11) is 0. The van der Waals surface area contributed by atoms with Gasteiger partial charge >= 0.3 is 0 Å². The van der Waals surface area contributed by atoms with Crippen molar-refractivity contribution in [2.75, 3.05) is 24.5 Å². The third-order valence-electron chi connectivity index (χ3n) is 2.89. The summed E-state index contributed by atoms with van der Waals surface area (Å²) in [6, 6.07) is 9.01. The minimum atomic E-state index is -0.391. The van der Waals surface area contributed by atoms with Crippen molar-refractivity contribution in [3.63, 3.8) is 0 Å². The highest BCUT2D eigenvalue weighted by Crippen LogP contribution is 2.22. The van der Waals surface area contributed by atoms with Crippen molar-refractivity contribution in [3.05, 3.63) is 29.8 Å². The van der Waals surface area contributed by atoms with E-state index in [9.17, 15) is 4.79 Å². The fourth-order valence-corrected chi connectivity index (χ4v) is 2.06. The minimum Gasteiger partial charge on any atom is -0.356 e. The van der Waals surface area contributed by atoms with Crippen molar-refractivity contribution in [1.82, 2.24) is 5.32 Å². The second-order valence-electron chi connectivity index (χ2n) is 3.86. The van der Waals surface area contributed by atoms with E-state index in [-0.39, 0.29) is 12.5 Å². The monoisotopic (exact) mass is 230 g/mol. The quantitative estimate of drug-likeness (QED) is 0.738. The molecule has 1 heterocycles. The number of nitrogens with one attached hydrogen (secondary N) is 1. The summed E-state index contributed by atoms with van der Waals surface area (Å²) in [4.78, 5) is 13.6. The Balaban J connectivity index is 2.37. The van der Waals surface area contributed by atoms with E-state index in [0.717, 1.165) is 5.69 Å². The van der Waals surface area contributed by atoms with Gasteiger partial charge in [0.1, 0.15) is 12.1 Å². The number of piperazine rings is 1. The Morgan fingerprint density at radius 2 is 2.29 bits per heavy atom. The second-order valence-corrected chi connectivity index (χ2v) is 3.86. The van der Waals surface area contributed by atoms with E-state index in [1.54, 1.807) is 6.07 Å². The molecule has 0 aromatic heterocycles. The first-order chi connectivity index (χ1) is 8.27. The first-order valence-electron chi connectivity index (χ1n) is 5.51. The van der Waals surface area contributed by atoms with Crippen LogP contribution in [0, 0.1) is 11.3 Å². The van der Waals surface area contributed by atoms with Crippen molar-refractivity contribution in [1.29, 1.82) is 5.26 Å². The number of anilines is 1. The Morgan fingerprint density at radius 3 is 3.00 bits per heavy atom. The highest BCUT2D eigenvalue weighted by molar-refractivity contribution is 5.87. The SMILES string of the molecule is N#Cc1ccccc1N1CCNC(=O)C1CN. The van der Waals surface area contributed by atoms with Gasteiger partial charge in [-0.25, -0.2) is 0 Å². The summed E-state index contributed by atoms with van der Waals surface area (Å²) in [6.45, 7) is 1.49. The van der Waals surface area contributed by atoms with Gasteiger partial charge in [0, 0.05) is 19.6 Å². The average Bonchev–Trinajstić information content (AvgIpc) is 2.38. The zero-order valence-electron chi connectivity index (χ0n) is 9.39. The lowest BCUT2D eigenvalue weighted by Gasteiger charge is -2.36. The summed E-state index contributed by atoms with van der Waals surface area (Å²) in [5.41, 5.74) is 6.98. The zero-order valence-corrected chi connectivity index (χ0v) is 9.39.